The molecule has 0 unspecified atom stereocenters. The highest BCUT2D eigenvalue weighted by Crippen LogP contribution is 2.14. The van der Waals surface area contributed by atoms with Crippen LogP contribution in [0.25, 0.3) is 0 Å². The van der Waals surface area contributed by atoms with Crippen molar-refractivity contribution in [3.63, 3.8) is 0 Å². The Kier molecular flexibility index (Phi) is 3.43. The third-order valence-corrected chi connectivity index (χ3v) is 3.06. The molecule has 0 bridgehead atoms. The number of rotatable bonds is 3. The van der Waals surface area contributed by atoms with E-state index in [1.54, 1.807) is 0 Å². The van der Waals surface area contributed by atoms with E-state index >= 15 is 0 Å². The predicted molar refractivity (Wildman–Crippen MR) is 72.2 cm³/mol. The van der Waals surface area contributed by atoms with E-state index in [9.17, 15) is 0 Å². The van der Waals surface area contributed by atoms with Gasteiger partial charge in [0.05, 0.1) is 11.4 Å². The second-order valence-electron chi connectivity index (χ2n) is 4.41. The van der Waals surface area contributed by atoms with Crippen LogP contribution in [-0.2, 0) is 6.54 Å². The molecule has 2 rings (SSSR count). The first-order chi connectivity index (χ1) is 8.16. The van der Waals surface area contributed by atoms with E-state index in [1.807, 2.05) is 19.2 Å². The van der Waals surface area contributed by atoms with Gasteiger partial charge in [-0.15, -0.1) is 0 Å². The highest BCUT2D eigenvalue weighted by molar-refractivity contribution is 5.47. The first-order valence-corrected chi connectivity index (χ1v) is 5.88. The number of nitrogens with zero attached hydrogens (tertiary/aromatic N) is 1. The van der Waals surface area contributed by atoms with E-state index in [0.717, 1.165) is 17.9 Å². The van der Waals surface area contributed by atoms with Crippen molar-refractivity contribution in [1.82, 2.24) is 4.98 Å². The first-order valence-electron chi connectivity index (χ1n) is 5.88. The van der Waals surface area contributed by atoms with Crippen LogP contribution in [0.1, 0.15) is 22.4 Å². The van der Waals surface area contributed by atoms with Gasteiger partial charge in [0.25, 0.3) is 0 Å². The van der Waals surface area contributed by atoms with Crippen molar-refractivity contribution in [1.29, 1.82) is 0 Å². The molecule has 0 atom stereocenters. The van der Waals surface area contributed by atoms with Crippen LogP contribution in [0.3, 0.4) is 0 Å². The van der Waals surface area contributed by atoms with Crippen molar-refractivity contribution >= 4 is 5.69 Å². The normalized spacial score (nSPS) is 10.3. The molecule has 1 aromatic heterocycles. The third kappa shape index (κ3) is 2.84. The summed E-state index contributed by atoms with van der Waals surface area (Å²) in [4.78, 5) is 4.26. The van der Waals surface area contributed by atoms with Crippen molar-refractivity contribution in [2.75, 3.05) is 5.32 Å². The summed E-state index contributed by atoms with van der Waals surface area (Å²) >= 11 is 0. The van der Waals surface area contributed by atoms with Crippen molar-refractivity contribution in [3.8, 4) is 0 Å². The van der Waals surface area contributed by atoms with Crippen LogP contribution in [0.5, 0.6) is 0 Å². The van der Waals surface area contributed by atoms with Crippen LogP contribution in [-0.4, -0.2) is 4.98 Å². The second-order valence-corrected chi connectivity index (χ2v) is 4.41. The van der Waals surface area contributed by atoms with E-state index in [2.05, 4.69) is 48.4 Å². The van der Waals surface area contributed by atoms with Gasteiger partial charge in [-0.1, -0.05) is 18.2 Å². The molecule has 2 nitrogen and oxygen atoms in total. The van der Waals surface area contributed by atoms with Crippen molar-refractivity contribution in [3.05, 3.63) is 58.9 Å². The quantitative estimate of drug-likeness (QED) is 0.864. The Bertz CT molecular complexity index is 518. The van der Waals surface area contributed by atoms with Gasteiger partial charge in [0.15, 0.2) is 0 Å². The maximum atomic E-state index is 4.26. The van der Waals surface area contributed by atoms with Gasteiger partial charge < -0.3 is 5.32 Å². The molecule has 0 aliphatic carbocycles. The number of pyridine rings is 1. The zero-order chi connectivity index (χ0) is 12.3. The number of aromatic nitrogens is 1. The lowest BCUT2D eigenvalue weighted by Gasteiger charge is -2.10. The fourth-order valence-electron chi connectivity index (χ4n) is 1.78. The summed E-state index contributed by atoms with van der Waals surface area (Å²) in [6, 6.07) is 10.6. The molecule has 17 heavy (non-hydrogen) atoms. The summed E-state index contributed by atoms with van der Waals surface area (Å²) in [6.07, 6.45) is 1.82. The molecule has 0 spiro atoms. The standard InChI is InChI=1S/C15H18N2/c1-11-6-7-14(9-12(11)2)10-17-15-5-4-8-16-13(15)3/h4-9,17H,10H2,1-3H3. The van der Waals surface area contributed by atoms with Crippen LogP contribution >= 0.6 is 0 Å². The second kappa shape index (κ2) is 5.00. The van der Waals surface area contributed by atoms with Crippen LogP contribution in [0.15, 0.2) is 36.5 Å². The van der Waals surface area contributed by atoms with Gasteiger partial charge in [0.2, 0.25) is 0 Å². The van der Waals surface area contributed by atoms with Gasteiger partial charge >= 0.3 is 0 Å². The minimum absolute atomic E-state index is 0.841. The Morgan fingerprint density at radius 2 is 1.88 bits per heavy atom. The van der Waals surface area contributed by atoms with Crippen molar-refractivity contribution < 1.29 is 0 Å². The molecule has 88 valence electrons. The van der Waals surface area contributed by atoms with Crippen LogP contribution in [0, 0.1) is 20.8 Å². The summed E-state index contributed by atoms with van der Waals surface area (Å²) in [5, 5.41) is 3.41. The predicted octanol–water partition coefficient (Wildman–Crippen LogP) is 3.62. The Hall–Kier alpha value is -1.83. The molecule has 1 heterocycles. The highest BCUT2D eigenvalue weighted by Gasteiger charge is 1.99. The molecule has 0 aliphatic rings. The van der Waals surface area contributed by atoms with Gasteiger partial charge in [-0.25, -0.2) is 0 Å². The number of aryl methyl sites for hydroxylation is 3. The van der Waals surface area contributed by atoms with E-state index in [-0.39, 0.29) is 0 Å². The average molecular weight is 226 g/mol. The fourth-order valence-corrected chi connectivity index (χ4v) is 1.78. The molecule has 0 aliphatic heterocycles. The zero-order valence-electron chi connectivity index (χ0n) is 10.6. The molecule has 1 aromatic carbocycles. The van der Waals surface area contributed by atoms with Crippen molar-refractivity contribution in [2.24, 2.45) is 0 Å². The Labute approximate surface area is 103 Å². The van der Waals surface area contributed by atoms with Gasteiger partial charge in [-0.3, -0.25) is 4.98 Å². The molecule has 0 saturated carbocycles. The lowest BCUT2D eigenvalue weighted by molar-refractivity contribution is 1.10. The third-order valence-electron chi connectivity index (χ3n) is 3.06. The number of anilines is 1. The number of nitrogens with one attached hydrogen (secondary N) is 1. The topological polar surface area (TPSA) is 24.9 Å². The van der Waals surface area contributed by atoms with Gasteiger partial charge in [-0.2, -0.15) is 0 Å². The lowest BCUT2D eigenvalue weighted by atomic mass is 10.1. The molecular weight excluding hydrogens is 208 g/mol. The minimum atomic E-state index is 0.841. The van der Waals surface area contributed by atoms with E-state index < -0.39 is 0 Å². The summed E-state index contributed by atoms with van der Waals surface area (Å²) in [6.45, 7) is 7.14. The SMILES string of the molecule is Cc1ccc(CNc2cccnc2C)cc1C. The van der Waals surface area contributed by atoms with E-state index in [4.69, 9.17) is 0 Å². The molecule has 0 radical (unpaired) electrons. The maximum absolute atomic E-state index is 4.26. The van der Waals surface area contributed by atoms with E-state index in [1.165, 1.54) is 16.7 Å². The fraction of sp³-hybridized carbons (Fsp3) is 0.267. The van der Waals surface area contributed by atoms with Crippen LogP contribution in [0.2, 0.25) is 0 Å². The van der Waals surface area contributed by atoms with Crippen LogP contribution in [0.4, 0.5) is 5.69 Å². The summed E-state index contributed by atoms with van der Waals surface area (Å²) < 4.78 is 0. The van der Waals surface area contributed by atoms with Crippen molar-refractivity contribution in [2.45, 2.75) is 27.3 Å². The molecule has 2 heteroatoms. The summed E-state index contributed by atoms with van der Waals surface area (Å²) in [7, 11) is 0. The molecular formula is C15H18N2. The number of hydrogen-bond donors (Lipinski definition) is 1. The smallest absolute Gasteiger partial charge is 0.0603 e. The van der Waals surface area contributed by atoms with Gasteiger partial charge in [0.1, 0.15) is 0 Å². The van der Waals surface area contributed by atoms with Gasteiger partial charge in [-0.05, 0) is 49.6 Å². The summed E-state index contributed by atoms with van der Waals surface area (Å²) in [5.74, 6) is 0. The molecule has 0 amide bonds. The number of benzene rings is 1. The Morgan fingerprint density at radius 1 is 1.06 bits per heavy atom. The maximum Gasteiger partial charge on any atom is 0.0603 e. The molecule has 0 fully saturated rings. The minimum Gasteiger partial charge on any atom is -0.380 e. The first kappa shape index (κ1) is 11.6. The Morgan fingerprint density at radius 3 is 2.59 bits per heavy atom. The largest absolute Gasteiger partial charge is 0.380 e. The van der Waals surface area contributed by atoms with Gasteiger partial charge in [0, 0.05) is 12.7 Å². The average Bonchev–Trinajstić information content (AvgIpc) is 2.32. The van der Waals surface area contributed by atoms with E-state index in [0.29, 0.717) is 0 Å². The monoisotopic (exact) mass is 226 g/mol. The summed E-state index contributed by atoms with van der Waals surface area (Å²) in [5.41, 5.74) is 6.12. The molecule has 2 aromatic rings. The zero-order valence-corrected chi connectivity index (χ0v) is 10.6. The van der Waals surface area contributed by atoms with Crippen LogP contribution < -0.4 is 5.32 Å². The lowest BCUT2D eigenvalue weighted by Crippen LogP contribution is -2.02. The molecule has 1 N–H and O–H groups in total. The number of hydrogen-bond acceptors (Lipinski definition) is 2. The molecule has 0 saturated heterocycles. The Balaban J connectivity index is 2.08. The highest BCUT2D eigenvalue weighted by atomic mass is 14.9.